The first kappa shape index (κ1) is 60.9. The van der Waals surface area contributed by atoms with Crippen LogP contribution in [0.25, 0.3) is 0 Å². The van der Waals surface area contributed by atoms with E-state index >= 15 is 0 Å². The van der Waals surface area contributed by atoms with E-state index in [1.807, 2.05) is 0 Å². The summed E-state index contributed by atoms with van der Waals surface area (Å²) in [5, 5.41) is 21.9. The first-order valence-electron chi connectivity index (χ1n) is 25.0. The number of phosphoric acid groups is 1. The summed E-state index contributed by atoms with van der Waals surface area (Å²) in [7, 11) is -4.77. The van der Waals surface area contributed by atoms with Gasteiger partial charge in [-0.1, -0.05) is 177 Å². The summed E-state index contributed by atoms with van der Waals surface area (Å²) >= 11 is 0. The summed E-state index contributed by atoms with van der Waals surface area (Å²) < 4.78 is 26.9. The molecule has 0 fully saturated rings. The molecular formula is C52H90NO10P. The molecule has 0 bridgehead atoms. The van der Waals surface area contributed by atoms with E-state index in [9.17, 15) is 34.1 Å². The number of esters is 1. The fourth-order valence-corrected chi connectivity index (χ4v) is 7.34. The van der Waals surface area contributed by atoms with E-state index in [0.717, 1.165) is 89.9 Å². The number of phosphoric ester groups is 1. The Bertz CT molecular complexity index is 1360. The van der Waals surface area contributed by atoms with Crippen LogP contribution in [0.2, 0.25) is 0 Å². The number of hydrogen-bond donors (Lipinski definition) is 4. The standard InChI is InChI=1S/C52H90NO10P/c1-3-5-7-9-11-13-15-17-19-21-23-24-26-28-30-32-34-36-38-40-42-44-51(56)61-45-48(54)46-62-64(59,60)63-47-49(52(57)58)53-50(55)43-41-39-37-35-33-31-29-27-25-22-20-18-16-14-12-10-8-6-4-2/h11-14,17-20,23-25,27,48-49,54H,3-10,15-16,21-22,26,28-47H2,1-2H3,(H,53,55)(H,57,58)(H,59,60)/b13-11-,14-12-,19-17-,20-18-,24-23-,27-25-. The van der Waals surface area contributed by atoms with Crippen molar-refractivity contribution in [1.29, 1.82) is 0 Å². The molecule has 0 rings (SSSR count). The first-order chi connectivity index (χ1) is 31.1. The summed E-state index contributed by atoms with van der Waals surface area (Å²) in [6.07, 6.45) is 56.2. The number of aliphatic hydroxyl groups is 1. The molecule has 0 saturated carbocycles. The van der Waals surface area contributed by atoms with Gasteiger partial charge in [0, 0.05) is 12.8 Å². The molecule has 4 N–H and O–H groups in total. The maximum atomic E-state index is 12.4. The zero-order valence-electron chi connectivity index (χ0n) is 40.1. The van der Waals surface area contributed by atoms with Crippen molar-refractivity contribution < 1.29 is 47.8 Å². The van der Waals surface area contributed by atoms with Crippen LogP contribution in [0, 0.1) is 0 Å². The zero-order valence-corrected chi connectivity index (χ0v) is 41.0. The molecule has 3 atom stereocenters. The van der Waals surface area contributed by atoms with Crippen LogP contribution in [0.5, 0.6) is 0 Å². The van der Waals surface area contributed by atoms with E-state index in [-0.39, 0.29) is 12.8 Å². The van der Waals surface area contributed by atoms with Gasteiger partial charge in [-0.15, -0.1) is 0 Å². The number of nitrogens with one attached hydrogen (secondary N) is 1. The van der Waals surface area contributed by atoms with Gasteiger partial charge in [-0.3, -0.25) is 18.6 Å². The average Bonchev–Trinajstić information content (AvgIpc) is 3.27. The second-order valence-corrected chi connectivity index (χ2v) is 18.1. The molecular weight excluding hydrogens is 830 g/mol. The molecule has 0 aromatic rings. The SMILES string of the molecule is CCCCC/C=C\C/C=C\C/C=C\CCCCCCCCCCC(=O)OCC(O)COP(=O)(O)OCC(NC(=O)CCCCCCCC/C=C\C/C=C\C/C=C\CCCCC)C(=O)O. The number of carboxylic acids is 1. The molecule has 0 aromatic carbocycles. The highest BCUT2D eigenvalue weighted by molar-refractivity contribution is 7.47. The molecule has 0 aliphatic heterocycles. The van der Waals surface area contributed by atoms with Gasteiger partial charge >= 0.3 is 19.8 Å². The molecule has 0 aliphatic rings. The monoisotopic (exact) mass is 920 g/mol. The smallest absolute Gasteiger partial charge is 0.472 e. The molecule has 0 heterocycles. The summed E-state index contributed by atoms with van der Waals surface area (Å²) in [4.78, 5) is 46.1. The second-order valence-electron chi connectivity index (χ2n) is 16.6. The third-order valence-corrected chi connectivity index (χ3v) is 11.4. The van der Waals surface area contributed by atoms with Crippen molar-refractivity contribution in [3.8, 4) is 0 Å². The quantitative estimate of drug-likeness (QED) is 0.0200. The van der Waals surface area contributed by atoms with Crippen LogP contribution in [0.15, 0.2) is 72.9 Å². The molecule has 0 aliphatic carbocycles. The lowest BCUT2D eigenvalue weighted by Crippen LogP contribution is -2.43. The Morgan fingerprint density at radius 2 is 0.859 bits per heavy atom. The van der Waals surface area contributed by atoms with Crippen molar-refractivity contribution in [3.05, 3.63) is 72.9 Å². The van der Waals surface area contributed by atoms with E-state index in [4.69, 9.17) is 13.8 Å². The van der Waals surface area contributed by atoms with Crippen molar-refractivity contribution in [3.63, 3.8) is 0 Å². The topological polar surface area (TPSA) is 169 Å². The number of carbonyl (C=O) groups is 3. The number of aliphatic carboxylic acids is 1. The lowest BCUT2D eigenvalue weighted by atomic mass is 10.1. The number of ether oxygens (including phenoxy) is 1. The van der Waals surface area contributed by atoms with Crippen LogP contribution < -0.4 is 5.32 Å². The normalized spacial score (nSPS) is 14.2. The third-order valence-electron chi connectivity index (χ3n) is 10.5. The molecule has 0 spiro atoms. The molecule has 368 valence electrons. The Hall–Kier alpha value is -3.08. The van der Waals surface area contributed by atoms with E-state index in [1.165, 1.54) is 77.0 Å². The highest BCUT2D eigenvalue weighted by atomic mass is 31.2. The van der Waals surface area contributed by atoms with Gasteiger partial charge in [0.2, 0.25) is 5.91 Å². The number of allylic oxidation sites excluding steroid dienone is 12. The minimum atomic E-state index is -4.77. The van der Waals surface area contributed by atoms with Crippen molar-refractivity contribution in [2.45, 2.75) is 219 Å². The van der Waals surface area contributed by atoms with Crippen LogP contribution in [0.3, 0.4) is 0 Å². The van der Waals surface area contributed by atoms with Gasteiger partial charge in [-0.25, -0.2) is 9.36 Å². The Labute approximate surface area is 389 Å². The Morgan fingerprint density at radius 3 is 1.28 bits per heavy atom. The highest BCUT2D eigenvalue weighted by Gasteiger charge is 2.28. The molecule has 11 nitrogen and oxygen atoms in total. The molecule has 3 unspecified atom stereocenters. The molecule has 1 amide bonds. The predicted molar refractivity (Wildman–Crippen MR) is 263 cm³/mol. The summed E-state index contributed by atoms with van der Waals surface area (Å²) in [6, 6.07) is -1.56. The Balaban J connectivity index is 3.89. The third kappa shape index (κ3) is 45.5. The van der Waals surface area contributed by atoms with Crippen LogP contribution in [-0.2, 0) is 32.7 Å². The van der Waals surface area contributed by atoms with E-state index in [1.54, 1.807) is 0 Å². The van der Waals surface area contributed by atoms with Crippen LogP contribution >= 0.6 is 7.82 Å². The largest absolute Gasteiger partial charge is 0.480 e. The molecule has 12 heteroatoms. The summed E-state index contributed by atoms with van der Waals surface area (Å²) in [5.74, 6) is -2.40. The van der Waals surface area contributed by atoms with Crippen LogP contribution in [-0.4, -0.2) is 64.9 Å². The minimum Gasteiger partial charge on any atom is -0.480 e. The Morgan fingerprint density at radius 1 is 0.500 bits per heavy atom. The van der Waals surface area contributed by atoms with Gasteiger partial charge in [0.1, 0.15) is 12.7 Å². The fourth-order valence-electron chi connectivity index (χ4n) is 6.56. The van der Waals surface area contributed by atoms with Crippen LogP contribution in [0.4, 0.5) is 0 Å². The van der Waals surface area contributed by atoms with Crippen molar-refractivity contribution >= 4 is 25.7 Å². The molecule has 0 aromatic heterocycles. The lowest BCUT2D eigenvalue weighted by Gasteiger charge is -2.18. The zero-order chi connectivity index (χ0) is 47.0. The van der Waals surface area contributed by atoms with E-state index in [0.29, 0.717) is 12.8 Å². The van der Waals surface area contributed by atoms with Crippen molar-refractivity contribution in [2.75, 3.05) is 19.8 Å². The maximum Gasteiger partial charge on any atom is 0.472 e. The molecule has 0 radical (unpaired) electrons. The molecule has 0 saturated heterocycles. The number of rotatable bonds is 46. The number of carboxylic acid groups (broad SMARTS) is 1. The summed E-state index contributed by atoms with van der Waals surface area (Å²) in [6.45, 7) is 2.53. The van der Waals surface area contributed by atoms with Gasteiger partial charge in [0.25, 0.3) is 0 Å². The van der Waals surface area contributed by atoms with E-state index in [2.05, 4.69) is 92.1 Å². The highest BCUT2D eigenvalue weighted by Crippen LogP contribution is 2.43. The summed E-state index contributed by atoms with van der Waals surface area (Å²) in [5.41, 5.74) is 0. The first-order valence-corrected chi connectivity index (χ1v) is 26.5. The van der Waals surface area contributed by atoms with Gasteiger partial charge in [0.05, 0.1) is 13.2 Å². The van der Waals surface area contributed by atoms with Gasteiger partial charge in [-0.2, -0.15) is 0 Å². The van der Waals surface area contributed by atoms with Crippen molar-refractivity contribution in [1.82, 2.24) is 5.32 Å². The second kappa shape index (κ2) is 46.4. The van der Waals surface area contributed by atoms with Gasteiger partial charge < -0.3 is 25.2 Å². The maximum absolute atomic E-state index is 12.4. The van der Waals surface area contributed by atoms with E-state index < -0.39 is 57.6 Å². The minimum absolute atomic E-state index is 0.127. The van der Waals surface area contributed by atoms with Gasteiger partial charge in [0.15, 0.2) is 6.04 Å². The Kier molecular flexibility index (Phi) is 44.2. The van der Waals surface area contributed by atoms with Crippen LogP contribution in [0.1, 0.15) is 206 Å². The lowest BCUT2D eigenvalue weighted by molar-refractivity contribution is -0.147. The number of carbonyl (C=O) groups excluding carboxylic acids is 2. The number of unbranched alkanes of at least 4 members (excludes halogenated alkanes) is 20. The number of amides is 1. The van der Waals surface area contributed by atoms with Gasteiger partial charge in [-0.05, 0) is 89.9 Å². The fraction of sp³-hybridized carbons (Fsp3) is 0.712. The number of hydrogen-bond acceptors (Lipinski definition) is 8. The predicted octanol–water partition coefficient (Wildman–Crippen LogP) is 13.7. The molecule has 64 heavy (non-hydrogen) atoms. The van der Waals surface area contributed by atoms with Crippen molar-refractivity contribution in [2.24, 2.45) is 0 Å². The average molecular weight is 920 g/mol. The number of aliphatic hydroxyl groups excluding tert-OH is 1.